The molecule has 18 heavy (non-hydrogen) atoms. The molecule has 2 N–H and O–H groups in total. The molecule has 0 unspecified atom stereocenters. The lowest BCUT2D eigenvalue weighted by molar-refractivity contribution is 0.0847. The van der Waals surface area contributed by atoms with E-state index in [1.165, 1.54) is 19.3 Å². The number of benzene rings is 1. The van der Waals surface area contributed by atoms with Gasteiger partial charge in [0.05, 0.1) is 5.56 Å². The molecule has 1 aromatic rings. The third-order valence-corrected chi connectivity index (χ3v) is 4.66. The maximum atomic E-state index is 12.0. The Morgan fingerprint density at radius 3 is 2.78 bits per heavy atom. The van der Waals surface area contributed by atoms with Crippen LogP contribution in [-0.4, -0.2) is 17.6 Å². The van der Waals surface area contributed by atoms with Crippen LogP contribution in [0.15, 0.2) is 18.2 Å². The number of hydrogen-bond acceptors (Lipinski definition) is 2. The predicted octanol–water partition coefficient (Wildman–Crippen LogP) is 3.31. The highest BCUT2D eigenvalue weighted by atomic mass is 127. The van der Waals surface area contributed by atoms with Gasteiger partial charge < -0.3 is 10.4 Å². The van der Waals surface area contributed by atoms with Gasteiger partial charge in [0.1, 0.15) is 5.75 Å². The summed E-state index contributed by atoms with van der Waals surface area (Å²) in [6.07, 6.45) is 4.76. The first kappa shape index (κ1) is 13.6. The van der Waals surface area contributed by atoms with Crippen LogP contribution in [-0.2, 0) is 0 Å². The van der Waals surface area contributed by atoms with E-state index in [-0.39, 0.29) is 11.7 Å². The van der Waals surface area contributed by atoms with E-state index in [4.69, 9.17) is 0 Å². The molecule has 0 aliphatic heterocycles. The Morgan fingerprint density at radius 2 is 2.22 bits per heavy atom. The van der Waals surface area contributed by atoms with Gasteiger partial charge in [0.25, 0.3) is 5.91 Å². The molecule has 1 fully saturated rings. The summed E-state index contributed by atoms with van der Waals surface area (Å²) in [6, 6.07) is 5.06. The monoisotopic (exact) mass is 359 g/mol. The number of hydrogen-bond donors (Lipinski definition) is 2. The molecule has 1 aliphatic rings. The molecule has 1 aliphatic carbocycles. The molecule has 4 heteroatoms. The Balaban J connectivity index is 2.01. The van der Waals surface area contributed by atoms with E-state index in [1.807, 2.05) is 0 Å². The van der Waals surface area contributed by atoms with Crippen LogP contribution < -0.4 is 5.32 Å². The van der Waals surface area contributed by atoms with E-state index in [0.29, 0.717) is 17.5 Å². The van der Waals surface area contributed by atoms with Gasteiger partial charge in [0, 0.05) is 10.1 Å². The number of carbonyl (C=O) groups excluding carboxylic acids is 1. The summed E-state index contributed by atoms with van der Waals surface area (Å²) < 4.78 is 0.949. The zero-order valence-electron chi connectivity index (χ0n) is 10.5. The minimum Gasteiger partial charge on any atom is -0.507 e. The minimum atomic E-state index is -0.175. The number of aromatic hydroxyl groups is 1. The summed E-state index contributed by atoms with van der Waals surface area (Å²) in [5, 5.41) is 12.7. The Kier molecular flexibility index (Phi) is 4.14. The lowest BCUT2D eigenvalue weighted by atomic mass is 9.67. The topological polar surface area (TPSA) is 49.3 Å². The smallest absolute Gasteiger partial charge is 0.255 e. The number of phenols is 1. The summed E-state index contributed by atoms with van der Waals surface area (Å²) in [5.41, 5.74) is 0.667. The molecule has 3 nitrogen and oxygen atoms in total. The summed E-state index contributed by atoms with van der Waals surface area (Å²) in [7, 11) is 0. The maximum absolute atomic E-state index is 12.0. The highest BCUT2D eigenvalue weighted by Crippen LogP contribution is 2.43. The molecule has 2 rings (SSSR count). The second kappa shape index (κ2) is 5.47. The fourth-order valence-corrected chi connectivity index (χ4v) is 2.88. The molecule has 1 aromatic carbocycles. The first-order chi connectivity index (χ1) is 8.56. The first-order valence-corrected chi connectivity index (χ1v) is 7.41. The van der Waals surface area contributed by atoms with Crippen molar-refractivity contribution >= 4 is 28.5 Å². The molecule has 1 amide bonds. The van der Waals surface area contributed by atoms with Gasteiger partial charge in [-0.05, 0) is 65.5 Å². The standard InChI is InChI=1S/C14H18INO2/c1-2-14(6-3-7-14)9-16-13(18)11-8-10(15)4-5-12(11)17/h4-5,8,17H,2-3,6-7,9H2,1H3,(H,16,18). The third-order valence-electron chi connectivity index (χ3n) is 3.99. The van der Waals surface area contributed by atoms with E-state index in [1.54, 1.807) is 18.2 Å². The molecule has 0 radical (unpaired) electrons. The molecule has 0 heterocycles. The fraction of sp³-hybridized carbons (Fsp3) is 0.500. The number of amides is 1. The third kappa shape index (κ3) is 2.79. The van der Waals surface area contributed by atoms with Gasteiger partial charge in [0.15, 0.2) is 0 Å². The van der Waals surface area contributed by atoms with Crippen LogP contribution >= 0.6 is 22.6 Å². The molecule has 1 saturated carbocycles. The summed E-state index contributed by atoms with van der Waals surface area (Å²) >= 11 is 2.13. The Labute approximate surface area is 121 Å². The van der Waals surface area contributed by atoms with Crippen LogP contribution in [0.1, 0.15) is 43.0 Å². The fourth-order valence-electron chi connectivity index (χ4n) is 2.39. The van der Waals surface area contributed by atoms with Crippen molar-refractivity contribution in [3.05, 3.63) is 27.3 Å². The van der Waals surface area contributed by atoms with Crippen molar-refractivity contribution in [2.45, 2.75) is 32.6 Å². The normalized spacial score (nSPS) is 17.0. The molecule has 0 atom stereocenters. The summed E-state index contributed by atoms with van der Waals surface area (Å²) in [4.78, 5) is 12.0. The average Bonchev–Trinajstić information content (AvgIpc) is 2.31. The van der Waals surface area contributed by atoms with Crippen molar-refractivity contribution in [3.63, 3.8) is 0 Å². The molecule has 0 bridgehead atoms. The van der Waals surface area contributed by atoms with Crippen molar-refractivity contribution < 1.29 is 9.90 Å². The quantitative estimate of drug-likeness (QED) is 0.811. The minimum absolute atomic E-state index is 0.0482. The Hall–Kier alpha value is -0.780. The van der Waals surface area contributed by atoms with Gasteiger partial charge in [-0.3, -0.25) is 4.79 Å². The van der Waals surface area contributed by atoms with Crippen molar-refractivity contribution in [1.82, 2.24) is 5.32 Å². The zero-order chi connectivity index (χ0) is 13.2. The van der Waals surface area contributed by atoms with E-state index < -0.39 is 0 Å². The van der Waals surface area contributed by atoms with E-state index in [2.05, 4.69) is 34.8 Å². The van der Waals surface area contributed by atoms with Gasteiger partial charge in [-0.1, -0.05) is 13.3 Å². The second-order valence-corrected chi connectivity index (χ2v) is 6.30. The van der Waals surface area contributed by atoms with E-state index in [9.17, 15) is 9.90 Å². The van der Waals surface area contributed by atoms with Crippen LogP contribution in [0.2, 0.25) is 0 Å². The molecule has 0 saturated heterocycles. The number of phenolic OH excluding ortho intramolecular Hbond substituents is 1. The lowest BCUT2D eigenvalue weighted by Crippen LogP contribution is -2.41. The van der Waals surface area contributed by atoms with Crippen LogP contribution in [0.25, 0.3) is 0 Å². The van der Waals surface area contributed by atoms with Crippen LogP contribution in [0.3, 0.4) is 0 Å². The molecular weight excluding hydrogens is 341 g/mol. The lowest BCUT2D eigenvalue weighted by Gasteiger charge is -2.41. The highest BCUT2D eigenvalue weighted by Gasteiger charge is 2.35. The molecule has 0 spiro atoms. The van der Waals surface area contributed by atoms with Crippen molar-refractivity contribution in [2.24, 2.45) is 5.41 Å². The molecular formula is C14H18INO2. The largest absolute Gasteiger partial charge is 0.507 e. The first-order valence-electron chi connectivity index (χ1n) is 6.33. The van der Waals surface area contributed by atoms with Gasteiger partial charge in [0.2, 0.25) is 0 Å². The van der Waals surface area contributed by atoms with Crippen molar-refractivity contribution in [3.8, 4) is 5.75 Å². The maximum Gasteiger partial charge on any atom is 0.255 e. The molecule has 98 valence electrons. The van der Waals surface area contributed by atoms with Gasteiger partial charge in [-0.15, -0.1) is 0 Å². The van der Waals surface area contributed by atoms with Crippen LogP contribution in [0.5, 0.6) is 5.75 Å². The van der Waals surface area contributed by atoms with Crippen molar-refractivity contribution in [2.75, 3.05) is 6.54 Å². The SMILES string of the molecule is CCC1(CNC(=O)c2cc(I)ccc2O)CCC1. The van der Waals surface area contributed by atoms with Crippen molar-refractivity contribution in [1.29, 1.82) is 0 Å². The van der Waals surface area contributed by atoms with E-state index in [0.717, 1.165) is 9.99 Å². The summed E-state index contributed by atoms with van der Waals surface area (Å²) in [6.45, 7) is 2.89. The average molecular weight is 359 g/mol. The van der Waals surface area contributed by atoms with Gasteiger partial charge in [-0.2, -0.15) is 0 Å². The van der Waals surface area contributed by atoms with Gasteiger partial charge in [-0.25, -0.2) is 0 Å². The van der Waals surface area contributed by atoms with Crippen LogP contribution in [0.4, 0.5) is 0 Å². The highest BCUT2D eigenvalue weighted by molar-refractivity contribution is 14.1. The summed E-state index contributed by atoms with van der Waals surface area (Å²) in [5.74, 6) is -0.127. The predicted molar refractivity (Wildman–Crippen MR) is 79.7 cm³/mol. The number of carbonyl (C=O) groups is 1. The van der Waals surface area contributed by atoms with Crippen LogP contribution in [0, 0.1) is 8.99 Å². The Morgan fingerprint density at radius 1 is 1.50 bits per heavy atom. The second-order valence-electron chi connectivity index (χ2n) is 5.05. The van der Waals surface area contributed by atoms with E-state index >= 15 is 0 Å². The Bertz CT molecular complexity index is 450. The zero-order valence-corrected chi connectivity index (χ0v) is 12.7. The number of rotatable bonds is 4. The molecule has 0 aromatic heterocycles. The van der Waals surface area contributed by atoms with Gasteiger partial charge >= 0.3 is 0 Å². The number of halogens is 1. The number of nitrogens with one attached hydrogen (secondary N) is 1.